The van der Waals surface area contributed by atoms with Gasteiger partial charge in [0.2, 0.25) is 0 Å². The molecular formula is C15H20N4O2. The summed E-state index contributed by atoms with van der Waals surface area (Å²) in [4.78, 5) is 17.8. The Bertz CT molecular complexity index is 590. The van der Waals surface area contributed by atoms with E-state index in [0.717, 1.165) is 22.6 Å². The van der Waals surface area contributed by atoms with Gasteiger partial charge in [0.05, 0.1) is 18.3 Å². The third-order valence-corrected chi connectivity index (χ3v) is 3.47. The molecule has 2 aromatic rings. The van der Waals surface area contributed by atoms with Gasteiger partial charge in [0.25, 0.3) is 0 Å². The maximum absolute atomic E-state index is 12.2. The standard InChI is InChI=1S/C15H20N4O2/c1-10(13-5-7-16-8-6-13)17-15(20)19(4)9-14-11(2)18-21-12(14)3/h5-8,10H,9H2,1-4H3,(H,17,20)/t10-/m0/s1. The number of aryl methyl sites for hydroxylation is 2. The molecule has 0 bridgehead atoms. The first-order valence-corrected chi connectivity index (χ1v) is 6.82. The monoisotopic (exact) mass is 288 g/mol. The Hall–Kier alpha value is -2.37. The Balaban J connectivity index is 1.97. The van der Waals surface area contributed by atoms with Crippen LogP contribution in [0.5, 0.6) is 0 Å². The fourth-order valence-electron chi connectivity index (χ4n) is 2.07. The summed E-state index contributed by atoms with van der Waals surface area (Å²) in [5.74, 6) is 0.745. The van der Waals surface area contributed by atoms with Crippen molar-refractivity contribution < 1.29 is 9.32 Å². The van der Waals surface area contributed by atoms with Gasteiger partial charge in [0.15, 0.2) is 0 Å². The van der Waals surface area contributed by atoms with Crippen molar-refractivity contribution in [1.82, 2.24) is 20.4 Å². The number of urea groups is 1. The number of hydrogen-bond acceptors (Lipinski definition) is 4. The summed E-state index contributed by atoms with van der Waals surface area (Å²) in [7, 11) is 1.75. The van der Waals surface area contributed by atoms with E-state index in [9.17, 15) is 4.79 Å². The molecule has 1 atom stereocenters. The van der Waals surface area contributed by atoms with Crippen molar-refractivity contribution in [2.45, 2.75) is 33.4 Å². The number of rotatable bonds is 4. The van der Waals surface area contributed by atoms with Crippen molar-refractivity contribution in [1.29, 1.82) is 0 Å². The predicted molar refractivity (Wildman–Crippen MR) is 78.6 cm³/mol. The SMILES string of the molecule is Cc1noc(C)c1CN(C)C(=O)N[C@@H](C)c1ccncc1. The molecule has 0 aliphatic rings. The van der Waals surface area contributed by atoms with Crippen LogP contribution in [0.15, 0.2) is 29.0 Å². The molecule has 2 heterocycles. The molecule has 0 saturated heterocycles. The van der Waals surface area contributed by atoms with Crippen LogP contribution in [0, 0.1) is 13.8 Å². The van der Waals surface area contributed by atoms with Crippen LogP contribution in [0.4, 0.5) is 4.79 Å². The van der Waals surface area contributed by atoms with Gasteiger partial charge in [-0.25, -0.2) is 4.79 Å². The first-order chi connectivity index (χ1) is 9.99. The topological polar surface area (TPSA) is 71.3 Å². The van der Waals surface area contributed by atoms with Crippen molar-refractivity contribution in [2.75, 3.05) is 7.05 Å². The maximum atomic E-state index is 12.2. The summed E-state index contributed by atoms with van der Waals surface area (Å²) >= 11 is 0. The molecule has 0 spiro atoms. The number of nitrogens with zero attached hydrogens (tertiary/aromatic N) is 3. The largest absolute Gasteiger partial charge is 0.361 e. The second-order valence-electron chi connectivity index (χ2n) is 5.11. The average molecular weight is 288 g/mol. The van der Waals surface area contributed by atoms with Crippen molar-refractivity contribution in [2.24, 2.45) is 0 Å². The van der Waals surface area contributed by atoms with Crippen molar-refractivity contribution >= 4 is 6.03 Å². The van der Waals surface area contributed by atoms with E-state index in [4.69, 9.17) is 4.52 Å². The molecule has 0 radical (unpaired) electrons. The normalized spacial score (nSPS) is 12.0. The van der Waals surface area contributed by atoms with E-state index in [2.05, 4.69) is 15.5 Å². The van der Waals surface area contributed by atoms with Crippen LogP contribution < -0.4 is 5.32 Å². The number of pyridine rings is 1. The van der Waals surface area contributed by atoms with Crippen LogP contribution in [0.1, 0.15) is 35.5 Å². The Kier molecular flexibility index (Phi) is 4.57. The van der Waals surface area contributed by atoms with E-state index < -0.39 is 0 Å². The Morgan fingerprint density at radius 2 is 2.05 bits per heavy atom. The zero-order valence-electron chi connectivity index (χ0n) is 12.8. The van der Waals surface area contributed by atoms with Gasteiger partial charge in [-0.1, -0.05) is 5.16 Å². The van der Waals surface area contributed by atoms with Gasteiger partial charge in [0.1, 0.15) is 5.76 Å². The fourth-order valence-corrected chi connectivity index (χ4v) is 2.07. The number of nitrogens with one attached hydrogen (secondary N) is 1. The molecule has 112 valence electrons. The van der Waals surface area contributed by atoms with E-state index in [0.29, 0.717) is 6.54 Å². The summed E-state index contributed by atoms with van der Waals surface area (Å²) in [6.07, 6.45) is 3.43. The van der Waals surface area contributed by atoms with Gasteiger partial charge < -0.3 is 14.7 Å². The van der Waals surface area contributed by atoms with E-state index in [-0.39, 0.29) is 12.1 Å². The third kappa shape index (κ3) is 3.59. The first-order valence-electron chi connectivity index (χ1n) is 6.82. The van der Waals surface area contributed by atoms with Crippen LogP contribution >= 0.6 is 0 Å². The molecule has 0 fully saturated rings. The minimum absolute atomic E-state index is 0.0763. The minimum Gasteiger partial charge on any atom is -0.361 e. The fraction of sp³-hybridized carbons (Fsp3) is 0.400. The molecule has 6 nitrogen and oxygen atoms in total. The lowest BCUT2D eigenvalue weighted by molar-refractivity contribution is 0.203. The van der Waals surface area contributed by atoms with Gasteiger partial charge in [-0.2, -0.15) is 0 Å². The number of carbonyl (C=O) groups is 1. The maximum Gasteiger partial charge on any atom is 0.317 e. The highest BCUT2D eigenvalue weighted by atomic mass is 16.5. The highest BCUT2D eigenvalue weighted by molar-refractivity contribution is 5.74. The molecule has 0 aliphatic carbocycles. The second-order valence-corrected chi connectivity index (χ2v) is 5.11. The molecule has 2 aromatic heterocycles. The van der Waals surface area contributed by atoms with Gasteiger partial charge in [-0.05, 0) is 38.5 Å². The molecule has 6 heteroatoms. The van der Waals surface area contributed by atoms with Crippen molar-refractivity contribution in [3.05, 3.63) is 47.1 Å². The molecule has 2 amide bonds. The first kappa shape index (κ1) is 15.0. The van der Waals surface area contributed by atoms with Crippen LogP contribution in [0.3, 0.4) is 0 Å². The summed E-state index contributed by atoms with van der Waals surface area (Å²) in [5, 5.41) is 6.85. The van der Waals surface area contributed by atoms with Crippen molar-refractivity contribution in [3.63, 3.8) is 0 Å². The molecule has 1 N–H and O–H groups in total. The molecule has 0 aliphatic heterocycles. The molecule has 2 rings (SSSR count). The lowest BCUT2D eigenvalue weighted by atomic mass is 10.1. The van der Waals surface area contributed by atoms with E-state index in [1.54, 1.807) is 24.3 Å². The van der Waals surface area contributed by atoms with Crippen molar-refractivity contribution in [3.8, 4) is 0 Å². The lowest BCUT2D eigenvalue weighted by Gasteiger charge is -2.21. The molecule has 21 heavy (non-hydrogen) atoms. The summed E-state index contributed by atoms with van der Waals surface area (Å²) < 4.78 is 5.11. The Labute approximate surface area is 124 Å². The third-order valence-electron chi connectivity index (χ3n) is 3.47. The van der Waals surface area contributed by atoms with Gasteiger partial charge in [-0.3, -0.25) is 4.98 Å². The van der Waals surface area contributed by atoms with Crippen LogP contribution in [-0.4, -0.2) is 28.1 Å². The van der Waals surface area contributed by atoms with Crippen LogP contribution in [0.2, 0.25) is 0 Å². The zero-order chi connectivity index (χ0) is 15.4. The quantitative estimate of drug-likeness (QED) is 0.938. The second kappa shape index (κ2) is 6.39. The minimum atomic E-state index is -0.140. The van der Waals surface area contributed by atoms with Gasteiger partial charge in [0, 0.05) is 25.0 Å². The molecule has 0 unspecified atom stereocenters. The summed E-state index contributed by atoms with van der Waals surface area (Å²) in [5.41, 5.74) is 2.78. The molecule has 0 saturated carbocycles. The Morgan fingerprint density at radius 3 is 2.62 bits per heavy atom. The Morgan fingerprint density at radius 1 is 1.38 bits per heavy atom. The number of amides is 2. The number of carbonyl (C=O) groups excluding carboxylic acids is 1. The summed E-state index contributed by atoms with van der Waals surface area (Å²) in [6, 6.07) is 3.56. The predicted octanol–water partition coefficient (Wildman–Crippen LogP) is 2.59. The number of aromatic nitrogens is 2. The molecular weight excluding hydrogens is 268 g/mol. The van der Waals surface area contributed by atoms with E-state index in [1.165, 1.54) is 0 Å². The smallest absolute Gasteiger partial charge is 0.317 e. The van der Waals surface area contributed by atoms with Gasteiger partial charge in [-0.15, -0.1) is 0 Å². The van der Waals surface area contributed by atoms with E-state index in [1.807, 2.05) is 32.9 Å². The lowest BCUT2D eigenvalue weighted by Crippen LogP contribution is -2.38. The molecule has 0 aromatic carbocycles. The van der Waals surface area contributed by atoms with Gasteiger partial charge >= 0.3 is 6.03 Å². The number of hydrogen-bond donors (Lipinski definition) is 1. The van der Waals surface area contributed by atoms with E-state index >= 15 is 0 Å². The van der Waals surface area contributed by atoms with Crippen LogP contribution in [-0.2, 0) is 6.54 Å². The summed E-state index contributed by atoms with van der Waals surface area (Å²) in [6.45, 7) is 6.13. The average Bonchev–Trinajstić information content (AvgIpc) is 2.79. The highest BCUT2D eigenvalue weighted by Gasteiger charge is 2.17. The highest BCUT2D eigenvalue weighted by Crippen LogP contribution is 2.15. The zero-order valence-corrected chi connectivity index (χ0v) is 12.8. The van der Waals surface area contributed by atoms with Crippen LogP contribution in [0.25, 0.3) is 0 Å².